The molecule has 0 unspecified atom stereocenters. The average Bonchev–Trinajstić information content (AvgIpc) is 2.46. The van der Waals surface area contributed by atoms with E-state index in [1.54, 1.807) is 6.08 Å². The fourth-order valence-corrected chi connectivity index (χ4v) is 1.86. The molecule has 0 radical (unpaired) electrons. The molecule has 2 nitrogen and oxygen atoms in total. The SMILES string of the molecule is C=Cc1ccc(C(=O)NCc2ccccc2C)cc1. The fraction of sp³-hybridized carbons (Fsp3) is 0.118. The van der Waals surface area contributed by atoms with E-state index < -0.39 is 0 Å². The molecule has 2 aromatic rings. The normalized spacial score (nSPS) is 9.95. The third kappa shape index (κ3) is 3.32. The second-order valence-corrected chi connectivity index (χ2v) is 4.44. The van der Waals surface area contributed by atoms with Gasteiger partial charge in [0.1, 0.15) is 0 Å². The lowest BCUT2D eigenvalue weighted by atomic mass is 10.1. The molecule has 0 aromatic heterocycles. The van der Waals surface area contributed by atoms with Crippen molar-refractivity contribution in [3.8, 4) is 0 Å². The average molecular weight is 251 g/mol. The predicted molar refractivity (Wildman–Crippen MR) is 78.9 cm³/mol. The van der Waals surface area contributed by atoms with Gasteiger partial charge in [0.25, 0.3) is 5.91 Å². The third-order valence-corrected chi connectivity index (χ3v) is 3.11. The summed E-state index contributed by atoms with van der Waals surface area (Å²) in [4.78, 5) is 12.0. The molecule has 2 rings (SSSR count). The number of nitrogens with one attached hydrogen (secondary N) is 1. The molecule has 0 aliphatic carbocycles. The highest BCUT2D eigenvalue weighted by molar-refractivity contribution is 5.94. The van der Waals surface area contributed by atoms with Crippen LogP contribution in [0.2, 0.25) is 0 Å². The molecule has 0 spiro atoms. The number of hydrogen-bond acceptors (Lipinski definition) is 1. The van der Waals surface area contributed by atoms with E-state index in [-0.39, 0.29) is 5.91 Å². The number of rotatable bonds is 4. The number of benzene rings is 2. The zero-order valence-corrected chi connectivity index (χ0v) is 11.0. The van der Waals surface area contributed by atoms with E-state index in [0.717, 1.165) is 11.1 Å². The number of carbonyl (C=O) groups is 1. The number of carbonyl (C=O) groups excluding carboxylic acids is 1. The van der Waals surface area contributed by atoms with Crippen LogP contribution in [0.5, 0.6) is 0 Å². The highest BCUT2D eigenvalue weighted by Crippen LogP contribution is 2.08. The summed E-state index contributed by atoms with van der Waals surface area (Å²) in [5, 5.41) is 2.93. The van der Waals surface area contributed by atoms with E-state index in [4.69, 9.17) is 0 Å². The summed E-state index contributed by atoms with van der Waals surface area (Å²) in [7, 11) is 0. The Bertz CT molecular complexity index is 584. The largest absolute Gasteiger partial charge is 0.348 e. The van der Waals surface area contributed by atoms with Crippen LogP contribution < -0.4 is 5.32 Å². The number of amides is 1. The smallest absolute Gasteiger partial charge is 0.251 e. The van der Waals surface area contributed by atoms with Gasteiger partial charge in [0.15, 0.2) is 0 Å². The Balaban J connectivity index is 2.01. The molecule has 0 aliphatic rings. The molecule has 2 heteroatoms. The van der Waals surface area contributed by atoms with Gasteiger partial charge in [0.2, 0.25) is 0 Å². The monoisotopic (exact) mass is 251 g/mol. The van der Waals surface area contributed by atoms with Crippen LogP contribution in [0.3, 0.4) is 0 Å². The van der Waals surface area contributed by atoms with Crippen molar-refractivity contribution in [3.05, 3.63) is 77.4 Å². The molecule has 2 aromatic carbocycles. The van der Waals surface area contributed by atoms with Gasteiger partial charge in [-0.3, -0.25) is 4.79 Å². The maximum atomic E-state index is 12.0. The summed E-state index contributed by atoms with van der Waals surface area (Å²) in [5.41, 5.74) is 4.00. The summed E-state index contributed by atoms with van der Waals surface area (Å²) in [6.45, 7) is 6.28. The van der Waals surface area contributed by atoms with Crippen LogP contribution in [0.15, 0.2) is 55.1 Å². The van der Waals surface area contributed by atoms with Gasteiger partial charge in [0.05, 0.1) is 0 Å². The van der Waals surface area contributed by atoms with Gasteiger partial charge in [-0.15, -0.1) is 0 Å². The van der Waals surface area contributed by atoms with Crippen LogP contribution in [-0.2, 0) is 6.54 Å². The van der Waals surface area contributed by atoms with E-state index in [0.29, 0.717) is 12.1 Å². The minimum atomic E-state index is -0.0566. The van der Waals surface area contributed by atoms with Crippen LogP contribution in [0.4, 0.5) is 0 Å². The molecule has 0 aliphatic heterocycles. The van der Waals surface area contributed by atoms with Crippen molar-refractivity contribution in [2.45, 2.75) is 13.5 Å². The molecule has 19 heavy (non-hydrogen) atoms. The van der Waals surface area contributed by atoms with Crippen LogP contribution in [0, 0.1) is 6.92 Å². The van der Waals surface area contributed by atoms with Gasteiger partial charge < -0.3 is 5.32 Å². The van der Waals surface area contributed by atoms with Gasteiger partial charge >= 0.3 is 0 Å². The van der Waals surface area contributed by atoms with Crippen molar-refractivity contribution in [2.24, 2.45) is 0 Å². The zero-order valence-electron chi connectivity index (χ0n) is 11.0. The lowest BCUT2D eigenvalue weighted by Gasteiger charge is -2.08. The summed E-state index contributed by atoms with van der Waals surface area (Å²) >= 11 is 0. The zero-order chi connectivity index (χ0) is 13.7. The molecular formula is C17H17NO. The Kier molecular flexibility index (Phi) is 4.14. The van der Waals surface area contributed by atoms with Crippen LogP contribution in [0.25, 0.3) is 6.08 Å². The molecule has 0 fully saturated rings. The van der Waals surface area contributed by atoms with Gasteiger partial charge in [-0.25, -0.2) is 0 Å². The minimum Gasteiger partial charge on any atom is -0.348 e. The van der Waals surface area contributed by atoms with Gasteiger partial charge in [-0.2, -0.15) is 0 Å². The standard InChI is InChI=1S/C17H17NO/c1-3-14-8-10-15(11-9-14)17(19)18-12-16-7-5-4-6-13(16)2/h3-11H,1,12H2,2H3,(H,18,19). The molecule has 0 heterocycles. The Hall–Kier alpha value is -2.35. The first-order chi connectivity index (χ1) is 9.20. The number of hydrogen-bond donors (Lipinski definition) is 1. The molecular weight excluding hydrogens is 234 g/mol. The van der Waals surface area contributed by atoms with Crippen molar-refractivity contribution in [1.29, 1.82) is 0 Å². The highest BCUT2D eigenvalue weighted by Gasteiger charge is 2.05. The minimum absolute atomic E-state index is 0.0566. The maximum absolute atomic E-state index is 12.0. The molecule has 1 N–H and O–H groups in total. The van der Waals surface area contributed by atoms with Crippen molar-refractivity contribution < 1.29 is 4.79 Å². The first-order valence-electron chi connectivity index (χ1n) is 6.26. The molecule has 0 atom stereocenters. The molecule has 0 saturated heterocycles. The van der Waals surface area contributed by atoms with Gasteiger partial charge in [-0.05, 0) is 35.7 Å². The first kappa shape index (κ1) is 13.1. The quantitative estimate of drug-likeness (QED) is 0.884. The fourth-order valence-electron chi connectivity index (χ4n) is 1.86. The first-order valence-corrected chi connectivity index (χ1v) is 6.26. The Morgan fingerprint density at radius 1 is 1.16 bits per heavy atom. The van der Waals surface area contributed by atoms with Crippen LogP contribution >= 0.6 is 0 Å². The molecule has 0 bridgehead atoms. The Morgan fingerprint density at radius 2 is 1.84 bits per heavy atom. The van der Waals surface area contributed by atoms with Gasteiger partial charge in [0, 0.05) is 12.1 Å². The van der Waals surface area contributed by atoms with Crippen molar-refractivity contribution in [3.63, 3.8) is 0 Å². The molecule has 1 amide bonds. The van der Waals surface area contributed by atoms with Gasteiger partial charge in [-0.1, -0.05) is 49.1 Å². The maximum Gasteiger partial charge on any atom is 0.251 e. The Labute approximate surface area is 113 Å². The second-order valence-electron chi connectivity index (χ2n) is 4.44. The van der Waals surface area contributed by atoms with E-state index in [1.807, 2.05) is 55.5 Å². The van der Waals surface area contributed by atoms with E-state index in [2.05, 4.69) is 11.9 Å². The van der Waals surface area contributed by atoms with Crippen molar-refractivity contribution in [1.82, 2.24) is 5.32 Å². The van der Waals surface area contributed by atoms with E-state index >= 15 is 0 Å². The summed E-state index contributed by atoms with van der Waals surface area (Å²) < 4.78 is 0. The summed E-state index contributed by atoms with van der Waals surface area (Å²) in [6.07, 6.45) is 1.76. The van der Waals surface area contributed by atoms with E-state index in [9.17, 15) is 4.79 Å². The molecule has 0 saturated carbocycles. The number of aryl methyl sites for hydroxylation is 1. The lowest BCUT2D eigenvalue weighted by Crippen LogP contribution is -2.23. The molecule has 96 valence electrons. The van der Waals surface area contributed by atoms with Crippen LogP contribution in [0.1, 0.15) is 27.0 Å². The second kappa shape index (κ2) is 6.01. The van der Waals surface area contributed by atoms with Crippen molar-refractivity contribution in [2.75, 3.05) is 0 Å². The predicted octanol–water partition coefficient (Wildman–Crippen LogP) is 3.57. The third-order valence-electron chi connectivity index (χ3n) is 3.11. The lowest BCUT2D eigenvalue weighted by molar-refractivity contribution is 0.0951. The van der Waals surface area contributed by atoms with Crippen molar-refractivity contribution >= 4 is 12.0 Å². The van der Waals surface area contributed by atoms with E-state index in [1.165, 1.54) is 5.56 Å². The summed E-state index contributed by atoms with van der Waals surface area (Å²) in [6, 6.07) is 15.4. The van der Waals surface area contributed by atoms with Crippen LogP contribution in [-0.4, -0.2) is 5.91 Å². The Morgan fingerprint density at radius 3 is 2.47 bits per heavy atom. The summed E-state index contributed by atoms with van der Waals surface area (Å²) in [5.74, 6) is -0.0566. The highest BCUT2D eigenvalue weighted by atomic mass is 16.1. The topological polar surface area (TPSA) is 29.1 Å².